The summed E-state index contributed by atoms with van der Waals surface area (Å²) >= 11 is 0. The number of hydrogen-bond donors (Lipinski definition) is 3. The lowest BCUT2D eigenvalue weighted by molar-refractivity contribution is -0.147. The normalized spacial score (nSPS) is 13.1. The lowest BCUT2D eigenvalue weighted by Crippen LogP contribution is -2.27. The Kier molecular flexibility index (Phi) is 49.2. The third-order valence-electron chi connectivity index (χ3n) is 12.2. The number of ether oxygens (including phenoxy) is 1. The second-order valence-corrected chi connectivity index (χ2v) is 20.0. The fourth-order valence-corrected chi connectivity index (χ4v) is 8.84. The van der Waals surface area contributed by atoms with Gasteiger partial charge in [-0.25, -0.2) is 4.57 Å². The second-order valence-electron chi connectivity index (χ2n) is 18.6. The number of nitrogens with one attached hydrogen (secondary N) is 1. The van der Waals surface area contributed by atoms with Crippen molar-refractivity contribution in [2.24, 2.45) is 0 Å². The van der Waals surface area contributed by atoms with Crippen LogP contribution in [0.3, 0.4) is 0 Å². The highest BCUT2D eigenvalue weighted by Gasteiger charge is 2.23. The lowest BCUT2D eigenvalue weighted by atomic mass is 10.0. The minimum atomic E-state index is -4.42. The van der Waals surface area contributed by atoms with E-state index >= 15 is 0 Å². The summed E-state index contributed by atoms with van der Waals surface area (Å²) in [6.07, 6.45) is 55.9. The Bertz CT molecular complexity index is 1040. The molecule has 1 amide bonds. The first kappa shape index (κ1) is 61.8. The molecule has 0 aliphatic heterocycles. The highest BCUT2D eigenvalue weighted by atomic mass is 31.2. The molecule has 0 aromatic rings. The maximum Gasteiger partial charge on any atom is 0.472 e. The third-order valence-corrected chi connectivity index (χ3v) is 13.2. The van der Waals surface area contributed by atoms with Crippen LogP contribution in [0.1, 0.15) is 284 Å². The maximum absolute atomic E-state index is 12.2. The number of phosphoric acid groups is 1. The first-order valence-electron chi connectivity index (χ1n) is 27.2. The van der Waals surface area contributed by atoms with Crippen molar-refractivity contribution in [3.05, 3.63) is 12.2 Å². The number of hydrogen-bond acceptors (Lipinski definition) is 7. The monoisotopic (exact) mass is 914 g/mol. The number of aliphatic hydroxyl groups is 1. The number of esters is 1. The zero-order chi connectivity index (χ0) is 46.0. The van der Waals surface area contributed by atoms with Crippen molar-refractivity contribution in [1.82, 2.24) is 5.32 Å². The zero-order valence-corrected chi connectivity index (χ0v) is 42.4. The largest absolute Gasteiger partial charge is 0.472 e. The van der Waals surface area contributed by atoms with Crippen LogP contribution >= 0.6 is 7.82 Å². The van der Waals surface area contributed by atoms with Crippen LogP contribution in [0.4, 0.5) is 0 Å². The quantitative estimate of drug-likeness (QED) is 0.0238. The molecule has 0 bridgehead atoms. The van der Waals surface area contributed by atoms with E-state index in [-0.39, 0.29) is 32.1 Å². The molecule has 0 fully saturated rings. The Morgan fingerprint density at radius 2 is 0.810 bits per heavy atom. The first-order valence-corrected chi connectivity index (χ1v) is 28.7. The predicted molar refractivity (Wildman–Crippen MR) is 266 cm³/mol. The fourth-order valence-electron chi connectivity index (χ4n) is 8.09. The Hall–Kier alpha value is -1.25. The van der Waals surface area contributed by atoms with E-state index in [9.17, 15) is 24.2 Å². The number of phosphoric ester groups is 1. The molecule has 9 nitrogen and oxygen atoms in total. The smallest absolute Gasteiger partial charge is 0.463 e. The molecular formula is C53H104NO8P. The summed E-state index contributed by atoms with van der Waals surface area (Å²) in [7, 11) is -4.42. The minimum absolute atomic E-state index is 0.0847. The molecule has 0 saturated heterocycles. The molecule has 0 aromatic carbocycles. The molecule has 0 spiro atoms. The number of amides is 1. The van der Waals surface area contributed by atoms with Gasteiger partial charge in [0.05, 0.1) is 13.2 Å². The molecule has 63 heavy (non-hydrogen) atoms. The molecule has 0 saturated carbocycles. The number of aliphatic hydroxyl groups excluding tert-OH is 1. The van der Waals surface area contributed by atoms with Crippen LogP contribution in [-0.2, 0) is 27.9 Å². The van der Waals surface area contributed by atoms with Gasteiger partial charge in [0.1, 0.15) is 12.7 Å². The SMILES string of the molecule is CCCCCCCC/C=C/CCCCCCCCCCCC(=O)NCCOP(=O)(O)OCC(O)COC(=O)CCCCCCCCCCCCCCCCCCCCCCCCC. The van der Waals surface area contributed by atoms with Crippen LogP contribution in [0, 0.1) is 0 Å². The average molecular weight is 914 g/mol. The molecule has 0 radical (unpaired) electrons. The Morgan fingerprint density at radius 3 is 1.19 bits per heavy atom. The Balaban J connectivity index is 3.50. The molecule has 10 heteroatoms. The van der Waals surface area contributed by atoms with Crippen LogP contribution in [0.2, 0.25) is 0 Å². The van der Waals surface area contributed by atoms with Gasteiger partial charge < -0.3 is 20.1 Å². The lowest BCUT2D eigenvalue weighted by Gasteiger charge is -2.15. The van der Waals surface area contributed by atoms with Gasteiger partial charge in [-0.3, -0.25) is 18.6 Å². The summed E-state index contributed by atoms with van der Waals surface area (Å²) in [5.41, 5.74) is 0. The van der Waals surface area contributed by atoms with Crippen LogP contribution in [-0.4, -0.2) is 54.3 Å². The van der Waals surface area contributed by atoms with Gasteiger partial charge in [0.15, 0.2) is 0 Å². The van der Waals surface area contributed by atoms with Crippen molar-refractivity contribution in [1.29, 1.82) is 0 Å². The molecule has 0 aliphatic rings. The van der Waals surface area contributed by atoms with E-state index in [1.807, 2.05) is 0 Å². The van der Waals surface area contributed by atoms with Crippen LogP contribution in [0.25, 0.3) is 0 Å². The van der Waals surface area contributed by atoms with Gasteiger partial charge in [-0.15, -0.1) is 0 Å². The van der Waals surface area contributed by atoms with Crippen molar-refractivity contribution in [2.45, 2.75) is 290 Å². The number of rotatable bonds is 52. The van der Waals surface area contributed by atoms with Crippen molar-refractivity contribution < 1.29 is 37.9 Å². The van der Waals surface area contributed by atoms with E-state index in [1.165, 1.54) is 218 Å². The zero-order valence-electron chi connectivity index (χ0n) is 41.6. The summed E-state index contributed by atoms with van der Waals surface area (Å²) in [5.74, 6) is -0.503. The van der Waals surface area contributed by atoms with Crippen molar-refractivity contribution in [3.63, 3.8) is 0 Å². The molecule has 3 N–H and O–H groups in total. The number of carbonyl (C=O) groups is 2. The van der Waals surface area contributed by atoms with E-state index in [2.05, 4.69) is 31.3 Å². The molecule has 374 valence electrons. The van der Waals surface area contributed by atoms with Gasteiger partial charge >= 0.3 is 13.8 Å². The van der Waals surface area contributed by atoms with Crippen LogP contribution in [0.5, 0.6) is 0 Å². The Labute approximate surface area is 389 Å². The summed E-state index contributed by atoms with van der Waals surface area (Å²) < 4.78 is 27.0. The second kappa shape index (κ2) is 50.2. The average Bonchev–Trinajstić information content (AvgIpc) is 3.27. The van der Waals surface area contributed by atoms with E-state index in [0.717, 1.165) is 38.5 Å². The van der Waals surface area contributed by atoms with Crippen LogP contribution in [0.15, 0.2) is 12.2 Å². The summed E-state index contributed by atoms with van der Waals surface area (Å²) in [6.45, 7) is 3.61. The minimum Gasteiger partial charge on any atom is -0.463 e. The van der Waals surface area contributed by atoms with Gasteiger partial charge in [0.25, 0.3) is 0 Å². The molecule has 0 aromatic heterocycles. The highest BCUT2D eigenvalue weighted by molar-refractivity contribution is 7.47. The molecule has 0 rings (SSSR count). The van der Waals surface area contributed by atoms with Gasteiger partial charge in [-0.1, -0.05) is 244 Å². The first-order chi connectivity index (χ1) is 30.8. The van der Waals surface area contributed by atoms with E-state index in [0.29, 0.717) is 6.42 Å². The summed E-state index contributed by atoms with van der Waals surface area (Å²) in [5, 5.41) is 12.8. The number of allylic oxidation sites excluding steroid dienone is 2. The number of unbranched alkanes of at least 4 members (excludes halogenated alkanes) is 37. The maximum atomic E-state index is 12.2. The third kappa shape index (κ3) is 51.6. The summed E-state index contributed by atoms with van der Waals surface area (Å²) in [4.78, 5) is 34.1. The standard InChI is InChI=1S/C53H104NO8P/c1-3-5-7-9-11-13-15-17-19-21-23-24-25-26-28-30-32-34-36-38-40-42-44-46-53(57)60-49-51(55)50-62-63(58,59)61-48-47-54-52(56)45-43-41-39-37-35-33-31-29-27-22-20-18-16-14-12-10-8-6-4-2/h18,20,51,55H,3-17,19,21-50H2,1-2H3,(H,54,56)(H,58,59)/b20-18+. The van der Waals surface area contributed by atoms with Gasteiger partial charge in [0.2, 0.25) is 5.91 Å². The topological polar surface area (TPSA) is 131 Å². The van der Waals surface area contributed by atoms with Gasteiger partial charge in [-0.05, 0) is 38.5 Å². The van der Waals surface area contributed by atoms with Crippen molar-refractivity contribution >= 4 is 19.7 Å². The van der Waals surface area contributed by atoms with E-state index < -0.39 is 26.5 Å². The van der Waals surface area contributed by atoms with Crippen molar-refractivity contribution in [2.75, 3.05) is 26.4 Å². The molecule has 0 aliphatic carbocycles. The predicted octanol–water partition coefficient (Wildman–Crippen LogP) is 16.1. The van der Waals surface area contributed by atoms with Gasteiger partial charge in [-0.2, -0.15) is 0 Å². The Morgan fingerprint density at radius 1 is 0.476 bits per heavy atom. The van der Waals surface area contributed by atoms with E-state index in [4.69, 9.17) is 13.8 Å². The number of carbonyl (C=O) groups excluding carboxylic acids is 2. The van der Waals surface area contributed by atoms with Crippen molar-refractivity contribution in [3.8, 4) is 0 Å². The van der Waals surface area contributed by atoms with E-state index in [1.54, 1.807) is 0 Å². The molecule has 2 unspecified atom stereocenters. The molecule has 2 atom stereocenters. The molecule has 0 heterocycles. The fraction of sp³-hybridized carbons (Fsp3) is 0.925. The molecular weight excluding hydrogens is 810 g/mol. The van der Waals surface area contributed by atoms with Gasteiger partial charge in [0, 0.05) is 19.4 Å². The highest BCUT2D eigenvalue weighted by Crippen LogP contribution is 2.42. The van der Waals surface area contributed by atoms with Crippen LogP contribution < -0.4 is 5.32 Å². The summed E-state index contributed by atoms with van der Waals surface area (Å²) in [6, 6.07) is 0.